The number of nitrogens with one attached hydrogen (secondary N) is 1. The van der Waals surface area contributed by atoms with Crippen LogP contribution in [0.15, 0.2) is 24.3 Å². The Balaban J connectivity index is 1.70. The predicted molar refractivity (Wildman–Crippen MR) is 94.3 cm³/mol. The summed E-state index contributed by atoms with van der Waals surface area (Å²) in [5.41, 5.74) is 1.27. The summed E-state index contributed by atoms with van der Waals surface area (Å²) in [4.78, 5) is 6.92. The van der Waals surface area contributed by atoms with E-state index in [-0.39, 0.29) is 0 Å². The molecule has 5 nitrogen and oxygen atoms in total. The van der Waals surface area contributed by atoms with Crippen molar-refractivity contribution in [2.45, 2.75) is 24.9 Å². The van der Waals surface area contributed by atoms with E-state index in [1.165, 1.54) is 17.1 Å². The highest BCUT2D eigenvalue weighted by Crippen LogP contribution is 2.33. The minimum absolute atomic E-state index is 0.318. The first kappa shape index (κ1) is 16.6. The standard InChI is InChI=1S/C16H21ClN4OS/c1-21-9-7-13(15(21)11-3-5-12(17)6-4-11)18-16-19-14(20-23-16)8-10-22-2/h3-6,13,15H,7-10H2,1-2H3,(H,18,19,20). The second-order valence-electron chi connectivity index (χ2n) is 5.78. The smallest absolute Gasteiger partial charge is 0.202 e. The first-order valence-electron chi connectivity index (χ1n) is 7.71. The third-order valence-corrected chi connectivity index (χ3v) is 5.10. The number of methoxy groups -OCH3 is 1. The minimum Gasteiger partial charge on any atom is -0.384 e. The molecule has 3 rings (SSSR count). The van der Waals surface area contributed by atoms with Crippen LogP contribution in [0.5, 0.6) is 0 Å². The van der Waals surface area contributed by atoms with Crippen LogP contribution >= 0.6 is 23.1 Å². The lowest BCUT2D eigenvalue weighted by Crippen LogP contribution is -2.29. The summed E-state index contributed by atoms with van der Waals surface area (Å²) in [7, 11) is 3.85. The number of anilines is 1. The molecular weight excluding hydrogens is 332 g/mol. The van der Waals surface area contributed by atoms with Crippen molar-refractivity contribution in [3.8, 4) is 0 Å². The van der Waals surface area contributed by atoms with Crippen molar-refractivity contribution in [1.82, 2.24) is 14.3 Å². The van der Waals surface area contributed by atoms with Gasteiger partial charge in [-0.1, -0.05) is 23.7 Å². The monoisotopic (exact) mass is 352 g/mol. The van der Waals surface area contributed by atoms with Gasteiger partial charge in [0, 0.05) is 42.7 Å². The molecule has 2 unspecified atom stereocenters. The second kappa shape index (κ2) is 7.57. The van der Waals surface area contributed by atoms with Crippen LogP contribution in [-0.4, -0.2) is 47.6 Å². The van der Waals surface area contributed by atoms with Crippen LogP contribution in [-0.2, 0) is 11.2 Å². The normalized spacial score (nSPS) is 21.7. The zero-order valence-corrected chi connectivity index (χ0v) is 14.9. The summed E-state index contributed by atoms with van der Waals surface area (Å²) < 4.78 is 9.45. The predicted octanol–water partition coefficient (Wildman–Crippen LogP) is 3.24. The highest BCUT2D eigenvalue weighted by Gasteiger charge is 2.33. The molecule has 7 heteroatoms. The number of halogens is 1. The highest BCUT2D eigenvalue weighted by molar-refractivity contribution is 7.09. The Morgan fingerprint density at radius 3 is 2.91 bits per heavy atom. The molecule has 23 heavy (non-hydrogen) atoms. The fraction of sp³-hybridized carbons (Fsp3) is 0.500. The average Bonchev–Trinajstić information content (AvgIpc) is 3.14. The molecule has 1 aromatic heterocycles. The number of hydrogen-bond donors (Lipinski definition) is 1. The SMILES string of the molecule is COCCc1nsc(NC2CCN(C)C2c2ccc(Cl)cc2)n1. The quantitative estimate of drug-likeness (QED) is 0.864. The van der Waals surface area contributed by atoms with Gasteiger partial charge in [0.2, 0.25) is 5.13 Å². The molecule has 0 radical (unpaired) electrons. The first-order valence-corrected chi connectivity index (χ1v) is 8.86. The van der Waals surface area contributed by atoms with Gasteiger partial charge in [-0.25, -0.2) is 4.98 Å². The number of likely N-dealkylation sites (tertiary alicyclic amines) is 1. The number of nitrogens with zero attached hydrogens (tertiary/aromatic N) is 3. The van der Waals surface area contributed by atoms with Gasteiger partial charge < -0.3 is 10.1 Å². The van der Waals surface area contributed by atoms with E-state index in [9.17, 15) is 0 Å². The summed E-state index contributed by atoms with van der Waals surface area (Å²) >= 11 is 7.43. The molecule has 2 aromatic rings. The topological polar surface area (TPSA) is 50.3 Å². The van der Waals surface area contributed by atoms with Crippen molar-refractivity contribution in [2.75, 3.05) is 32.6 Å². The van der Waals surface area contributed by atoms with Gasteiger partial charge >= 0.3 is 0 Å². The molecule has 0 aliphatic carbocycles. The number of rotatable bonds is 6. The van der Waals surface area contributed by atoms with Gasteiger partial charge in [-0.15, -0.1) is 0 Å². The Labute approximate surface area is 145 Å². The van der Waals surface area contributed by atoms with E-state index in [1.807, 2.05) is 12.1 Å². The lowest BCUT2D eigenvalue weighted by atomic mass is 10.0. The Kier molecular flexibility index (Phi) is 5.48. The van der Waals surface area contributed by atoms with E-state index in [1.54, 1.807) is 7.11 Å². The zero-order chi connectivity index (χ0) is 16.2. The van der Waals surface area contributed by atoms with Crippen LogP contribution in [0.2, 0.25) is 5.02 Å². The first-order chi connectivity index (χ1) is 11.2. The molecule has 124 valence electrons. The molecule has 0 amide bonds. The van der Waals surface area contributed by atoms with E-state index < -0.39 is 0 Å². The molecule has 1 aliphatic heterocycles. The maximum atomic E-state index is 6.01. The van der Waals surface area contributed by atoms with Crippen LogP contribution in [0.4, 0.5) is 5.13 Å². The van der Waals surface area contributed by atoms with Crippen LogP contribution in [0, 0.1) is 0 Å². The zero-order valence-electron chi connectivity index (χ0n) is 13.3. The van der Waals surface area contributed by atoms with Crippen LogP contribution in [0.3, 0.4) is 0 Å². The van der Waals surface area contributed by atoms with E-state index in [4.69, 9.17) is 16.3 Å². The molecule has 1 saturated heterocycles. The molecule has 1 aromatic carbocycles. The van der Waals surface area contributed by atoms with E-state index in [0.29, 0.717) is 18.7 Å². The van der Waals surface area contributed by atoms with E-state index >= 15 is 0 Å². The molecule has 2 heterocycles. The average molecular weight is 353 g/mol. The summed E-state index contributed by atoms with van der Waals surface area (Å²) in [6.45, 7) is 1.70. The number of benzene rings is 1. The van der Waals surface area contributed by atoms with Crippen LogP contribution in [0.1, 0.15) is 23.9 Å². The van der Waals surface area contributed by atoms with Crippen LogP contribution in [0.25, 0.3) is 0 Å². The molecule has 0 spiro atoms. The van der Waals surface area contributed by atoms with Crippen molar-refractivity contribution in [3.63, 3.8) is 0 Å². The molecule has 1 aliphatic rings. The maximum absolute atomic E-state index is 6.01. The van der Waals surface area contributed by atoms with Crippen molar-refractivity contribution in [2.24, 2.45) is 0 Å². The molecule has 0 saturated carbocycles. The number of aromatic nitrogens is 2. The molecule has 2 atom stereocenters. The second-order valence-corrected chi connectivity index (χ2v) is 6.96. The largest absolute Gasteiger partial charge is 0.384 e. The molecule has 0 bridgehead atoms. The summed E-state index contributed by atoms with van der Waals surface area (Å²) in [5.74, 6) is 0.841. The molecule has 1 N–H and O–H groups in total. The van der Waals surface area contributed by atoms with Gasteiger partial charge in [0.15, 0.2) is 0 Å². The van der Waals surface area contributed by atoms with E-state index in [0.717, 1.165) is 35.4 Å². The maximum Gasteiger partial charge on any atom is 0.202 e. The fourth-order valence-electron chi connectivity index (χ4n) is 3.01. The summed E-state index contributed by atoms with van der Waals surface area (Å²) in [6.07, 6.45) is 1.83. The third-order valence-electron chi connectivity index (χ3n) is 4.17. The van der Waals surface area contributed by atoms with Crippen molar-refractivity contribution >= 4 is 28.3 Å². The number of hydrogen-bond acceptors (Lipinski definition) is 6. The highest BCUT2D eigenvalue weighted by atomic mass is 35.5. The van der Waals surface area contributed by atoms with Gasteiger partial charge in [-0.3, -0.25) is 4.90 Å². The third kappa shape index (κ3) is 4.01. The summed E-state index contributed by atoms with van der Waals surface area (Å²) in [6, 6.07) is 8.76. The van der Waals surface area contributed by atoms with Crippen LogP contribution < -0.4 is 5.32 Å². The van der Waals surface area contributed by atoms with Crippen molar-refractivity contribution < 1.29 is 4.74 Å². The molecule has 1 fully saturated rings. The van der Waals surface area contributed by atoms with Crippen molar-refractivity contribution in [3.05, 3.63) is 40.7 Å². The Morgan fingerprint density at radius 1 is 1.39 bits per heavy atom. The fourth-order valence-corrected chi connectivity index (χ4v) is 3.81. The number of likely N-dealkylation sites (N-methyl/N-ethyl adjacent to an activating group) is 1. The van der Waals surface area contributed by atoms with Gasteiger partial charge in [-0.2, -0.15) is 4.37 Å². The minimum atomic E-state index is 0.318. The lowest BCUT2D eigenvalue weighted by molar-refractivity contribution is 0.201. The van der Waals surface area contributed by atoms with E-state index in [2.05, 4.69) is 38.8 Å². The van der Waals surface area contributed by atoms with Gasteiger partial charge in [-0.05, 0) is 31.2 Å². The lowest BCUT2D eigenvalue weighted by Gasteiger charge is -2.26. The van der Waals surface area contributed by atoms with Gasteiger partial charge in [0.1, 0.15) is 5.82 Å². The Bertz CT molecular complexity index is 633. The van der Waals surface area contributed by atoms with Crippen molar-refractivity contribution in [1.29, 1.82) is 0 Å². The van der Waals surface area contributed by atoms with Gasteiger partial charge in [0.25, 0.3) is 0 Å². The van der Waals surface area contributed by atoms with Gasteiger partial charge in [0.05, 0.1) is 12.6 Å². The summed E-state index contributed by atoms with van der Waals surface area (Å²) in [5, 5.41) is 5.21. The Morgan fingerprint density at radius 2 is 2.17 bits per heavy atom. The number of ether oxygens (including phenoxy) is 1. The Hall–Kier alpha value is -1.21. The molecular formula is C16H21ClN4OS.